The summed E-state index contributed by atoms with van der Waals surface area (Å²) in [6.45, 7) is 0.824. The quantitative estimate of drug-likeness (QED) is 0.897. The Kier molecular flexibility index (Phi) is 3.54. The van der Waals surface area contributed by atoms with E-state index in [0.717, 1.165) is 15.9 Å². The Morgan fingerprint density at radius 3 is 3.05 bits per heavy atom. The Balaban J connectivity index is 2.23. The van der Waals surface area contributed by atoms with Crippen LogP contribution in [0.4, 0.5) is 0 Å². The molecule has 1 N–H and O–H groups in total. The highest BCUT2D eigenvalue weighted by atomic mass is 79.9. The van der Waals surface area contributed by atoms with Gasteiger partial charge in [-0.3, -0.25) is 0 Å². The van der Waals surface area contributed by atoms with Gasteiger partial charge in [-0.2, -0.15) is 5.10 Å². The van der Waals surface area contributed by atoms with Crippen molar-refractivity contribution in [2.24, 2.45) is 0 Å². The standard InChI is InChI=1S/C13H10BrClN2O3/c14-9-2-1-7(15)5-11(9)17-10-3-4-20-6-8(10)12(16-17)13(18)19/h1-2,5H,3-4,6H2,(H,18,19). The number of aromatic nitrogens is 2. The van der Waals surface area contributed by atoms with E-state index >= 15 is 0 Å². The second-order valence-corrected chi connectivity index (χ2v) is 5.68. The highest BCUT2D eigenvalue weighted by Gasteiger charge is 2.26. The molecule has 3 rings (SSSR count). The maximum Gasteiger partial charge on any atom is 0.356 e. The summed E-state index contributed by atoms with van der Waals surface area (Å²) in [6, 6.07) is 5.32. The summed E-state index contributed by atoms with van der Waals surface area (Å²) >= 11 is 9.46. The first-order valence-electron chi connectivity index (χ1n) is 5.95. The van der Waals surface area contributed by atoms with E-state index in [2.05, 4.69) is 21.0 Å². The third-order valence-electron chi connectivity index (χ3n) is 3.16. The number of fused-ring (bicyclic) bond motifs is 1. The normalized spacial score (nSPS) is 14.1. The smallest absolute Gasteiger partial charge is 0.356 e. The number of carbonyl (C=O) groups is 1. The molecule has 5 nitrogen and oxygen atoms in total. The second kappa shape index (κ2) is 5.20. The molecule has 0 aliphatic carbocycles. The molecule has 0 saturated carbocycles. The number of aromatic carboxylic acids is 1. The van der Waals surface area contributed by atoms with Crippen LogP contribution in [0, 0.1) is 0 Å². The van der Waals surface area contributed by atoms with E-state index in [-0.39, 0.29) is 12.3 Å². The third kappa shape index (κ3) is 2.24. The van der Waals surface area contributed by atoms with Gasteiger partial charge in [0, 0.05) is 21.5 Å². The highest BCUT2D eigenvalue weighted by molar-refractivity contribution is 9.10. The van der Waals surface area contributed by atoms with Crippen molar-refractivity contribution in [1.82, 2.24) is 9.78 Å². The average Bonchev–Trinajstić information content (AvgIpc) is 2.81. The Bertz CT molecular complexity index is 699. The van der Waals surface area contributed by atoms with Crippen LogP contribution in [-0.2, 0) is 17.8 Å². The topological polar surface area (TPSA) is 64.3 Å². The van der Waals surface area contributed by atoms with Crippen molar-refractivity contribution in [3.05, 3.63) is 44.6 Å². The monoisotopic (exact) mass is 356 g/mol. The Morgan fingerprint density at radius 1 is 1.50 bits per heavy atom. The first-order valence-corrected chi connectivity index (χ1v) is 7.12. The van der Waals surface area contributed by atoms with Gasteiger partial charge in [-0.25, -0.2) is 9.48 Å². The molecule has 2 heterocycles. The largest absolute Gasteiger partial charge is 0.476 e. The van der Waals surface area contributed by atoms with Crippen LogP contribution in [0.2, 0.25) is 5.02 Å². The van der Waals surface area contributed by atoms with Crippen molar-refractivity contribution in [1.29, 1.82) is 0 Å². The number of carboxylic acid groups (broad SMARTS) is 1. The zero-order chi connectivity index (χ0) is 14.3. The van der Waals surface area contributed by atoms with Gasteiger partial charge in [0.25, 0.3) is 0 Å². The molecule has 0 amide bonds. The fourth-order valence-electron chi connectivity index (χ4n) is 2.26. The van der Waals surface area contributed by atoms with E-state index in [1.54, 1.807) is 16.8 Å². The van der Waals surface area contributed by atoms with Crippen LogP contribution in [0.25, 0.3) is 5.69 Å². The van der Waals surface area contributed by atoms with E-state index in [9.17, 15) is 9.90 Å². The molecule has 0 bridgehead atoms. The summed E-state index contributed by atoms with van der Waals surface area (Å²) in [5, 5.41) is 14.0. The first kappa shape index (κ1) is 13.6. The molecule has 0 unspecified atom stereocenters. The van der Waals surface area contributed by atoms with Gasteiger partial charge in [-0.15, -0.1) is 0 Å². The molecule has 1 aromatic carbocycles. The fourth-order valence-corrected chi connectivity index (χ4v) is 2.84. The second-order valence-electron chi connectivity index (χ2n) is 4.39. The summed E-state index contributed by atoms with van der Waals surface area (Å²) in [6.07, 6.45) is 0.620. The summed E-state index contributed by atoms with van der Waals surface area (Å²) in [4.78, 5) is 11.3. The molecule has 20 heavy (non-hydrogen) atoms. The lowest BCUT2D eigenvalue weighted by molar-refractivity contribution is 0.0677. The number of carboxylic acids is 1. The first-order chi connectivity index (χ1) is 9.58. The molecule has 1 aliphatic heterocycles. The predicted octanol–water partition coefficient (Wildman–Crippen LogP) is 3.06. The zero-order valence-corrected chi connectivity index (χ0v) is 12.6. The van der Waals surface area contributed by atoms with Gasteiger partial charge in [0.2, 0.25) is 0 Å². The molecule has 0 fully saturated rings. The van der Waals surface area contributed by atoms with E-state index in [0.29, 0.717) is 23.6 Å². The number of rotatable bonds is 2. The number of hydrogen-bond donors (Lipinski definition) is 1. The molecule has 1 aromatic heterocycles. The minimum atomic E-state index is -1.05. The van der Waals surface area contributed by atoms with Crippen molar-refractivity contribution in [3.63, 3.8) is 0 Å². The number of hydrogen-bond acceptors (Lipinski definition) is 3. The molecule has 0 saturated heterocycles. The van der Waals surface area contributed by atoms with E-state index < -0.39 is 5.97 Å². The number of halogens is 2. The fraction of sp³-hybridized carbons (Fsp3) is 0.231. The molecule has 0 atom stereocenters. The molecular formula is C13H10BrClN2O3. The van der Waals surface area contributed by atoms with Crippen molar-refractivity contribution in [3.8, 4) is 5.69 Å². The molecule has 0 spiro atoms. The Morgan fingerprint density at radius 2 is 2.30 bits per heavy atom. The van der Waals surface area contributed by atoms with Gasteiger partial charge in [0.05, 0.1) is 24.6 Å². The number of benzene rings is 1. The minimum Gasteiger partial charge on any atom is -0.476 e. The lowest BCUT2D eigenvalue weighted by Gasteiger charge is -2.15. The van der Waals surface area contributed by atoms with Gasteiger partial charge < -0.3 is 9.84 Å². The zero-order valence-electron chi connectivity index (χ0n) is 10.3. The van der Waals surface area contributed by atoms with Crippen LogP contribution in [0.15, 0.2) is 22.7 Å². The summed E-state index contributed by atoms with van der Waals surface area (Å²) in [5.41, 5.74) is 2.25. The van der Waals surface area contributed by atoms with E-state index in [4.69, 9.17) is 16.3 Å². The molecule has 1 aliphatic rings. The third-order valence-corrected chi connectivity index (χ3v) is 4.06. The molecule has 2 aromatic rings. The van der Waals surface area contributed by atoms with Gasteiger partial charge >= 0.3 is 5.97 Å². The lowest BCUT2D eigenvalue weighted by Crippen LogP contribution is -2.13. The van der Waals surface area contributed by atoms with Crippen LogP contribution in [0.1, 0.15) is 21.7 Å². The maximum absolute atomic E-state index is 11.3. The van der Waals surface area contributed by atoms with Crippen LogP contribution in [-0.4, -0.2) is 27.5 Å². The molecule has 0 radical (unpaired) electrons. The average molecular weight is 358 g/mol. The van der Waals surface area contributed by atoms with Crippen LogP contribution in [0.3, 0.4) is 0 Å². The van der Waals surface area contributed by atoms with Crippen LogP contribution < -0.4 is 0 Å². The van der Waals surface area contributed by atoms with Crippen molar-refractivity contribution >= 4 is 33.5 Å². The predicted molar refractivity (Wildman–Crippen MR) is 76.6 cm³/mol. The summed E-state index contributed by atoms with van der Waals surface area (Å²) in [7, 11) is 0. The van der Waals surface area contributed by atoms with Crippen LogP contribution >= 0.6 is 27.5 Å². The van der Waals surface area contributed by atoms with Crippen LogP contribution in [0.5, 0.6) is 0 Å². The minimum absolute atomic E-state index is 0.0339. The van der Waals surface area contributed by atoms with Crippen molar-refractivity contribution in [2.75, 3.05) is 6.61 Å². The van der Waals surface area contributed by atoms with E-state index in [1.807, 2.05) is 6.07 Å². The van der Waals surface area contributed by atoms with Crippen molar-refractivity contribution in [2.45, 2.75) is 13.0 Å². The van der Waals surface area contributed by atoms with E-state index in [1.165, 1.54) is 0 Å². The number of nitrogens with zero attached hydrogens (tertiary/aromatic N) is 2. The maximum atomic E-state index is 11.3. The van der Waals surface area contributed by atoms with Gasteiger partial charge in [0.1, 0.15) is 0 Å². The van der Waals surface area contributed by atoms with Gasteiger partial charge in [-0.1, -0.05) is 11.6 Å². The van der Waals surface area contributed by atoms with Crippen molar-refractivity contribution < 1.29 is 14.6 Å². The summed E-state index contributed by atoms with van der Waals surface area (Å²) in [5.74, 6) is -1.05. The summed E-state index contributed by atoms with van der Waals surface area (Å²) < 4.78 is 7.77. The highest BCUT2D eigenvalue weighted by Crippen LogP contribution is 2.29. The SMILES string of the molecule is O=C(O)c1nn(-c2cc(Cl)ccc2Br)c2c1COCC2. The molecule has 104 valence electrons. The lowest BCUT2D eigenvalue weighted by atomic mass is 10.1. The number of ether oxygens (including phenoxy) is 1. The van der Waals surface area contributed by atoms with Gasteiger partial charge in [-0.05, 0) is 34.1 Å². The van der Waals surface area contributed by atoms with Gasteiger partial charge in [0.15, 0.2) is 5.69 Å². The Hall–Kier alpha value is -1.37. The molecule has 7 heteroatoms. The molecular weight excluding hydrogens is 348 g/mol. The Labute approximate surface area is 128 Å².